The Bertz CT molecular complexity index is 8.00. The van der Waals surface area contributed by atoms with Crippen molar-refractivity contribution >= 4 is 0 Å². The van der Waals surface area contributed by atoms with E-state index in [2.05, 4.69) is 13.8 Å². The molecule has 0 aliphatic heterocycles. The van der Waals surface area contributed by atoms with Gasteiger partial charge in [-0.2, -0.15) is 0 Å². The summed E-state index contributed by atoms with van der Waals surface area (Å²) in [5, 5.41) is 0. The first-order valence-corrected chi connectivity index (χ1v) is 1.15. The van der Waals surface area contributed by atoms with Crippen LogP contribution in [0.5, 0.6) is 0 Å². The van der Waals surface area contributed by atoms with Crippen LogP contribution in [0.15, 0.2) is 0 Å². The molecule has 1 nitrogen and oxygen atoms in total. The largest absolute Gasteiger partial charge is 0.328 e. The van der Waals surface area contributed by atoms with E-state index in [4.69, 9.17) is 5.73 Å². The molecule has 0 unspecified atom stereocenters. The van der Waals surface area contributed by atoms with Crippen molar-refractivity contribution in [2.24, 2.45) is 5.73 Å². The molecule has 0 bridgehead atoms. The topological polar surface area (TPSA) is 26.0 Å². The Morgan fingerprint density at radius 1 is 1.50 bits per heavy atom. The lowest BCUT2D eigenvalue weighted by Crippen LogP contribution is -2.08. The fraction of sp³-hybridized carbons (Fsp3) is 0.333. The third-order valence-corrected chi connectivity index (χ3v) is 0. The molecule has 0 aromatic rings. The van der Waals surface area contributed by atoms with Gasteiger partial charge in [0, 0.05) is 6.04 Å². The number of nitrogens with two attached hydrogens (primary N) is 1. The molecule has 0 atom stereocenters. The quantitative estimate of drug-likeness (QED) is 0.415. The third-order valence-electron chi connectivity index (χ3n) is 0. The second-order valence-corrected chi connectivity index (χ2v) is 0.760. The molecule has 0 heterocycles. The molecule has 0 aromatic carbocycles. The minimum absolute atomic E-state index is 0.167. The minimum Gasteiger partial charge on any atom is -0.328 e. The smallest absolute Gasteiger partial charge is 0.00399 e. The zero-order chi connectivity index (χ0) is 3.58. The fourth-order valence-electron chi connectivity index (χ4n) is 0. The van der Waals surface area contributed by atoms with Crippen molar-refractivity contribution in [3.8, 4) is 0 Å². The maximum Gasteiger partial charge on any atom is 0.00399 e. The molecular formula is C3H7N. The highest BCUT2D eigenvalue weighted by Crippen LogP contribution is 1.55. The average Bonchev–Trinajstić information content (AvgIpc) is 0.811. The molecule has 0 spiro atoms. The van der Waals surface area contributed by atoms with Crippen LogP contribution in [-0.2, 0) is 0 Å². The molecular weight excluding hydrogens is 50.0 g/mol. The van der Waals surface area contributed by atoms with E-state index in [1.54, 1.807) is 0 Å². The number of rotatable bonds is 0. The Morgan fingerprint density at radius 3 is 1.50 bits per heavy atom. The van der Waals surface area contributed by atoms with Gasteiger partial charge in [-0.05, 0) is 13.8 Å². The predicted octanol–water partition coefficient (Wildman–Crippen LogP) is -0.0181. The van der Waals surface area contributed by atoms with Crippen molar-refractivity contribution in [1.29, 1.82) is 0 Å². The molecule has 2 N–H and O–H groups in total. The van der Waals surface area contributed by atoms with Crippen LogP contribution in [0.2, 0.25) is 0 Å². The van der Waals surface area contributed by atoms with Crippen LogP contribution >= 0.6 is 0 Å². The summed E-state index contributed by atoms with van der Waals surface area (Å²) in [6.45, 7) is 6.61. The second-order valence-electron chi connectivity index (χ2n) is 0.760. The van der Waals surface area contributed by atoms with Crippen molar-refractivity contribution in [2.45, 2.75) is 6.04 Å². The maximum atomic E-state index is 4.89. The van der Waals surface area contributed by atoms with E-state index < -0.39 is 0 Å². The molecule has 1 heteroatoms. The van der Waals surface area contributed by atoms with Crippen molar-refractivity contribution in [1.82, 2.24) is 0 Å². The Kier molecular flexibility index (Phi) is 1.28. The van der Waals surface area contributed by atoms with Crippen LogP contribution in [0.1, 0.15) is 0 Å². The van der Waals surface area contributed by atoms with Gasteiger partial charge in [-0.3, -0.25) is 0 Å². The average molecular weight is 57.1 g/mol. The lowest BCUT2D eigenvalue weighted by atomic mass is 10.5. The van der Waals surface area contributed by atoms with E-state index in [1.807, 2.05) is 0 Å². The standard InChI is InChI=1S/C3H7N/c1-3(2)4/h3H,1-2,4H2. The van der Waals surface area contributed by atoms with Gasteiger partial charge in [0.1, 0.15) is 0 Å². The molecule has 0 rings (SSSR count). The van der Waals surface area contributed by atoms with E-state index in [0.29, 0.717) is 0 Å². The van der Waals surface area contributed by atoms with Crippen LogP contribution in [0.4, 0.5) is 0 Å². The maximum absolute atomic E-state index is 4.89. The fourth-order valence-corrected chi connectivity index (χ4v) is 0. The summed E-state index contributed by atoms with van der Waals surface area (Å²) in [7, 11) is 0. The van der Waals surface area contributed by atoms with Gasteiger partial charge < -0.3 is 5.73 Å². The van der Waals surface area contributed by atoms with E-state index in [9.17, 15) is 0 Å². The van der Waals surface area contributed by atoms with Crippen LogP contribution < -0.4 is 5.73 Å². The SMILES string of the molecule is [CH2]C([CH2])N. The van der Waals surface area contributed by atoms with Crippen LogP contribution in [0.3, 0.4) is 0 Å². The summed E-state index contributed by atoms with van der Waals surface area (Å²) in [6.07, 6.45) is 0. The Morgan fingerprint density at radius 2 is 1.50 bits per heavy atom. The summed E-state index contributed by atoms with van der Waals surface area (Å²) in [6, 6.07) is -0.167. The predicted molar refractivity (Wildman–Crippen MR) is 18.7 cm³/mol. The molecule has 4 heavy (non-hydrogen) atoms. The zero-order valence-corrected chi connectivity index (χ0v) is 2.57. The van der Waals surface area contributed by atoms with Gasteiger partial charge in [0.2, 0.25) is 0 Å². The van der Waals surface area contributed by atoms with E-state index in [1.165, 1.54) is 0 Å². The number of hydrogen-bond acceptors (Lipinski definition) is 1. The van der Waals surface area contributed by atoms with E-state index in [0.717, 1.165) is 0 Å². The van der Waals surface area contributed by atoms with Crippen LogP contribution in [-0.4, -0.2) is 6.04 Å². The van der Waals surface area contributed by atoms with Crippen molar-refractivity contribution < 1.29 is 0 Å². The molecule has 0 aliphatic carbocycles. The normalized spacial score (nSPS) is 9.00. The summed E-state index contributed by atoms with van der Waals surface area (Å²) in [4.78, 5) is 0. The van der Waals surface area contributed by atoms with Gasteiger partial charge in [-0.1, -0.05) is 0 Å². The lowest BCUT2D eigenvalue weighted by molar-refractivity contribution is 1.02. The van der Waals surface area contributed by atoms with Crippen LogP contribution in [0, 0.1) is 13.8 Å². The van der Waals surface area contributed by atoms with Gasteiger partial charge in [0.15, 0.2) is 0 Å². The van der Waals surface area contributed by atoms with Gasteiger partial charge in [-0.15, -0.1) is 0 Å². The van der Waals surface area contributed by atoms with Gasteiger partial charge in [0.25, 0.3) is 0 Å². The highest BCUT2D eigenvalue weighted by molar-refractivity contribution is 4.62. The van der Waals surface area contributed by atoms with Gasteiger partial charge >= 0.3 is 0 Å². The molecule has 2 radical (unpaired) electrons. The monoisotopic (exact) mass is 57.1 g/mol. The first kappa shape index (κ1) is 3.96. The van der Waals surface area contributed by atoms with E-state index in [-0.39, 0.29) is 6.04 Å². The minimum atomic E-state index is -0.167. The molecule has 0 saturated heterocycles. The number of hydrogen-bond donors (Lipinski definition) is 1. The van der Waals surface area contributed by atoms with Gasteiger partial charge in [0.05, 0.1) is 0 Å². The van der Waals surface area contributed by atoms with Crippen molar-refractivity contribution in [2.75, 3.05) is 0 Å². The zero-order valence-electron chi connectivity index (χ0n) is 2.57. The second kappa shape index (κ2) is 1.30. The van der Waals surface area contributed by atoms with E-state index >= 15 is 0 Å². The lowest BCUT2D eigenvalue weighted by Gasteiger charge is -1.80. The van der Waals surface area contributed by atoms with Crippen LogP contribution in [0.25, 0.3) is 0 Å². The molecule has 0 aliphatic rings. The Hall–Kier alpha value is -0.0400. The highest BCUT2D eigenvalue weighted by Gasteiger charge is 1.67. The summed E-state index contributed by atoms with van der Waals surface area (Å²) >= 11 is 0. The highest BCUT2D eigenvalue weighted by atomic mass is 14.6. The molecule has 0 amide bonds. The Labute approximate surface area is 26.8 Å². The Balaban J connectivity index is 2.32. The first-order chi connectivity index (χ1) is 1.73. The summed E-state index contributed by atoms with van der Waals surface area (Å²) in [5.74, 6) is 0. The first-order valence-electron chi connectivity index (χ1n) is 1.15. The summed E-state index contributed by atoms with van der Waals surface area (Å²) in [5.41, 5.74) is 4.89. The molecule has 0 fully saturated rings. The molecule has 0 aromatic heterocycles. The summed E-state index contributed by atoms with van der Waals surface area (Å²) < 4.78 is 0. The molecule has 24 valence electrons. The van der Waals surface area contributed by atoms with Crippen molar-refractivity contribution in [3.05, 3.63) is 13.8 Å². The molecule has 0 saturated carbocycles. The van der Waals surface area contributed by atoms with Gasteiger partial charge in [-0.25, -0.2) is 0 Å². The third kappa shape index (κ3) is 1130. The van der Waals surface area contributed by atoms with Crippen molar-refractivity contribution in [3.63, 3.8) is 0 Å².